The maximum atomic E-state index is 13.3. The Labute approximate surface area is 173 Å². The van der Waals surface area contributed by atoms with E-state index in [1.165, 1.54) is 11.3 Å². The largest absolute Gasteiger partial charge is 0.443 e. The molecular formula is C24H20N2O2S. The molecular weight excluding hydrogens is 380 g/mol. The first-order valence-corrected chi connectivity index (χ1v) is 10.2. The Hall–Kier alpha value is -3.36. The number of fused-ring (bicyclic) bond motifs is 1. The van der Waals surface area contributed by atoms with Crippen LogP contribution < -0.4 is 0 Å². The Bertz CT molecular complexity index is 1240. The molecule has 0 radical (unpaired) electrons. The van der Waals surface area contributed by atoms with Crippen molar-refractivity contribution in [2.24, 2.45) is 0 Å². The Balaban J connectivity index is 2.12. The molecule has 4 nitrogen and oxygen atoms in total. The van der Waals surface area contributed by atoms with Gasteiger partial charge in [-0.05, 0) is 37.8 Å². The molecule has 0 saturated heterocycles. The molecule has 2 aromatic carbocycles. The maximum Gasteiger partial charge on any atom is 0.419 e. The summed E-state index contributed by atoms with van der Waals surface area (Å²) in [4.78, 5) is 17.0. The third-order valence-corrected chi connectivity index (χ3v) is 5.32. The van der Waals surface area contributed by atoms with Crippen molar-refractivity contribution in [3.05, 3.63) is 77.5 Å². The summed E-state index contributed by atoms with van der Waals surface area (Å²) >= 11 is 1.40. The minimum atomic E-state index is -0.624. The Morgan fingerprint density at radius 3 is 2.41 bits per heavy atom. The van der Waals surface area contributed by atoms with E-state index in [1.807, 2.05) is 86.8 Å². The fourth-order valence-corrected chi connectivity index (χ4v) is 4.14. The van der Waals surface area contributed by atoms with Gasteiger partial charge < -0.3 is 4.74 Å². The van der Waals surface area contributed by atoms with Crippen molar-refractivity contribution in [1.82, 2.24) is 4.57 Å². The van der Waals surface area contributed by atoms with Crippen LogP contribution in [0.3, 0.4) is 0 Å². The molecule has 144 valence electrons. The number of rotatable bonds is 2. The Morgan fingerprint density at radius 2 is 1.72 bits per heavy atom. The molecule has 0 aliphatic carbocycles. The van der Waals surface area contributed by atoms with Gasteiger partial charge in [-0.2, -0.15) is 11.3 Å². The fraction of sp³-hybridized carbons (Fsp3) is 0.167. The van der Waals surface area contributed by atoms with Gasteiger partial charge in [0.15, 0.2) is 0 Å². The molecule has 5 heteroatoms. The fourth-order valence-electron chi connectivity index (χ4n) is 3.46. The molecule has 0 amide bonds. The molecule has 0 atom stereocenters. The van der Waals surface area contributed by atoms with E-state index >= 15 is 0 Å². The van der Waals surface area contributed by atoms with Crippen molar-refractivity contribution in [2.45, 2.75) is 26.4 Å². The van der Waals surface area contributed by atoms with Crippen molar-refractivity contribution in [3.63, 3.8) is 0 Å². The summed E-state index contributed by atoms with van der Waals surface area (Å²) < 4.78 is 7.38. The molecule has 0 unspecified atom stereocenters. The highest BCUT2D eigenvalue weighted by Crippen LogP contribution is 2.46. The third kappa shape index (κ3) is 3.43. The lowest BCUT2D eigenvalue weighted by molar-refractivity contribution is 0.0547. The van der Waals surface area contributed by atoms with Crippen LogP contribution in [0.2, 0.25) is 0 Å². The molecule has 2 aromatic heterocycles. The number of nitrogens with zero attached hydrogens (tertiary/aromatic N) is 2. The second-order valence-corrected chi connectivity index (χ2v) is 8.57. The highest BCUT2D eigenvalue weighted by Gasteiger charge is 2.28. The Morgan fingerprint density at radius 1 is 1.03 bits per heavy atom. The lowest BCUT2D eigenvalue weighted by Crippen LogP contribution is -2.27. The van der Waals surface area contributed by atoms with Crippen LogP contribution in [0.15, 0.2) is 66.0 Å². The average Bonchev–Trinajstić information content (AvgIpc) is 3.29. The van der Waals surface area contributed by atoms with Gasteiger partial charge in [-0.15, -0.1) is 0 Å². The van der Waals surface area contributed by atoms with E-state index in [9.17, 15) is 4.79 Å². The zero-order valence-corrected chi connectivity index (χ0v) is 17.3. The van der Waals surface area contributed by atoms with E-state index in [0.29, 0.717) is 5.00 Å². The van der Waals surface area contributed by atoms with E-state index in [2.05, 4.69) is 4.85 Å². The predicted molar refractivity (Wildman–Crippen MR) is 119 cm³/mol. The summed E-state index contributed by atoms with van der Waals surface area (Å²) in [5.41, 5.74) is 3.49. The number of thiophene rings is 1. The van der Waals surface area contributed by atoms with E-state index in [-0.39, 0.29) is 0 Å². The van der Waals surface area contributed by atoms with Crippen LogP contribution in [0.1, 0.15) is 20.8 Å². The van der Waals surface area contributed by atoms with Crippen LogP contribution in [0, 0.1) is 6.57 Å². The number of benzene rings is 2. The van der Waals surface area contributed by atoms with Gasteiger partial charge in [-0.25, -0.2) is 14.2 Å². The van der Waals surface area contributed by atoms with E-state index in [4.69, 9.17) is 11.3 Å². The number of hydrogen-bond donors (Lipinski definition) is 0. The van der Waals surface area contributed by atoms with E-state index in [1.54, 1.807) is 4.57 Å². The topological polar surface area (TPSA) is 35.6 Å². The zero-order chi connectivity index (χ0) is 20.6. The standard InChI is InChI=1S/C24H20N2O2S/c1-24(2,3)28-23(27)26-19-13-9-8-12-17(19)20(18-14-15-29-22(18)25-4)21(26)16-10-6-5-7-11-16/h5-15H,1-3H3. The molecule has 29 heavy (non-hydrogen) atoms. The highest BCUT2D eigenvalue weighted by atomic mass is 32.1. The first-order valence-electron chi connectivity index (χ1n) is 9.28. The van der Waals surface area contributed by atoms with Gasteiger partial charge in [0.2, 0.25) is 5.00 Å². The lowest BCUT2D eigenvalue weighted by Gasteiger charge is -2.21. The van der Waals surface area contributed by atoms with Gasteiger partial charge in [0.1, 0.15) is 5.60 Å². The number of carbonyl (C=O) groups excluding carboxylic acids is 1. The van der Waals surface area contributed by atoms with Crippen molar-refractivity contribution in [2.75, 3.05) is 0 Å². The van der Waals surface area contributed by atoms with E-state index in [0.717, 1.165) is 33.3 Å². The van der Waals surface area contributed by atoms with Crippen molar-refractivity contribution in [3.8, 4) is 22.4 Å². The zero-order valence-electron chi connectivity index (χ0n) is 16.5. The van der Waals surface area contributed by atoms with Crippen LogP contribution in [0.25, 0.3) is 38.1 Å². The van der Waals surface area contributed by atoms with Gasteiger partial charge in [-0.1, -0.05) is 54.6 Å². The molecule has 0 aliphatic rings. The normalized spacial score (nSPS) is 11.4. The van der Waals surface area contributed by atoms with Crippen molar-refractivity contribution in [1.29, 1.82) is 0 Å². The maximum absolute atomic E-state index is 13.3. The van der Waals surface area contributed by atoms with Crippen LogP contribution in [0.5, 0.6) is 0 Å². The third-order valence-electron chi connectivity index (χ3n) is 4.51. The molecule has 2 heterocycles. The summed E-state index contributed by atoms with van der Waals surface area (Å²) in [7, 11) is 0. The van der Waals surface area contributed by atoms with Gasteiger partial charge >= 0.3 is 6.09 Å². The molecule has 4 rings (SSSR count). The number of hydrogen-bond acceptors (Lipinski definition) is 3. The molecule has 0 aliphatic heterocycles. The number of carbonyl (C=O) groups is 1. The first-order chi connectivity index (χ1) is 13.9. The summed E-state index contributed by atoms with van der Waals surface area (Å²) in [6.07, 6.45) is -0.432. The van der Waals surface area contributed by atoms with Gasteiger partial charge in [0.25, 0.3) is 0 Å². The van der Waals surface area contributed by atoms with Gasteiger partial charge in [-0.3, -0.25) is 0 Å². The lowest BCUT2D eigenvalue weighted by atomic mass is 10.00. The minimum Gasteiger partial charge on any atom is -0.443 e. The monoisotopic (exact) mass is 400 g/mol. The predicted octanol–water partition coefficient (Wildman–Crippen LogP) is 7.37. The molecule has 0 bridgehead atoms. The van der Waals surface area contributed by atoms with Crippen molar-refractivity contribution < 1.29 is 9.53 Å². The molecule has 0 fully saturated rings. The second kappa shape index (κ2) is 7.23. The van der Waals surface area contributed by atoms with Gasteiger partial charge in [0.05, 0.1) is 17.8 Å². The number of para-hydroxylation sites is 1. The second-order valence-electron chi connectivity index (χ2n) is 7.67. The molecule has 0 saturated carbocycles. The quantitative estimate of drug-likeness (QED) is 0.329. The number of aromatic nitrogens is 1. The Kier molecular flexibility index (Phi) is 4.73. The van der Waals surface area contributed by atoms with Crippen LogP contribution in [-0.2, 0) is 4.74 Å². The smallest absolute Gasteiger partial charge is 0.419 e. The minimum absolute atomic E-state index is 0.432. The SMILES string of the molecule is [C-]#[N+]c1sccc1-c1c(-c2ccccc2)n(C(=O)OC(C)(C)C)c2ccccc12. The summed E-state index contributed by atoms with van der Waals surface area (Å²) in [6, 6.07) is 19.5. The average molecular weight is 401 g/mol. The van der Waals surface area contributed by atoms with Crippen molar-refractivity contribution >= 4 is 33.3 Å². The van der Waals surface area contributed by atoms with Crippen LogP contribution in [0.4, 0.5) is 9.80 Å². The highest BCUT2D eigenvalue weighted by molar-refractivity contribution is 7.15. The summed E-state index contributed by atoms with van der Waals surface area (Å²) in [5, 5.41) is 3.44. The number of ether oxygens (including phenoxy) is 1. The van der Waals surface area contributed by atoms with Crippen LogP contribution in [-0.4, -0.2) is 16.3 Å². The molecule has 4 aromatic rings. The van der Waals surface area contributed by atoms with Crippen LogP contribution >= 0.6 is 11.3 Å². The van der Waals surface area contributed by atoms with E-state index < -0.39 is 11.7 Å². The summed E-state index contributed by atoms with van der Waals surface area (Å²) in [5.74, 6) is 0. The molecule has 0 spiro atoms. The molecule has 0 N–H and O–H groups in total. The first kappa shape index (κ1) is 19.0. The van der Waals surface area contributed by atoms with Gasteiger partial charge in [0, 0.05) is 16.5 Å². The summed E-state index contributed by atoms with van der Waals surface area (Å²) in [6.45, 7) is 13.2.